The molecule has 7 heteroatoms. The fourth-order valence-electron chi connectivity index (χ4n) is 2.59. The highest BCUT2D eigenvalue weighted by Crippen LogP contribution is 2.13. The van der Waals surface area contributed by atoms with Crippen molar-refractivity contribution in [2.45, 2.75) is 39.7 Å². The van der Waals surface area contributed by atoms with Crippen LogP contribution in [0, 0.1) is 0 Å². The molecule has 3 N–H and O–H groups in total. The van der Waals surface area contributed by atoms with Gasteiger partial charge in [-0.1, -0.05) is 25.5 Å². The van der Waals surface area contributed by atoms with Gasteiger partial charge >= 0.3 is 0 Å². The average molecular weight is 401 g/mol. The molecule has 1 amide bonds. The number of carbonyl (C=O) groups excluding carboxylic acids is 1. The Morgan fingerprint density at radius 1 is 1.10 bits per heavy atom. The highest BCUT2D eigenvalue weighted by atomic mass is 16.5. The zero-order valence-corrected chi connectivity index (χ0v) is 17.4. The van der Waals surface area contributed by atoms with Crippen molar-refractivity contribution in [1.82, 2.24) is 10.6 Å². The fraction of sp³-hybridized carbons (Fsp3) is 0.455. The number of furan rings is 1. The number of hydrogen-bond acceptors (Lipinski definition) is 4. The van der Waals surface area contributed by atoms with Crippen LogP contribution in [0.1, 0.15) is 49.2 Å². The first-order chi connectivity index (χ1) is 14.2. The average Bonchev–Trinajstić information content (AvgIpc) is 3.26. The van der Waals surface area contributed by atoms with Crippen LogP contribution in [0.3, 0.4) is 0 Å². The molecule has 0 atom stereocenters. The number of guanidine groups is 1. The van der Waals surface area contributed by atoms with Gasteiger partial charge in [-0.25, -0.2) is 4.99 Å². The minimum absolute atomic E-state index is 0.271. The summed E-state index contributed by atoms with van der Waals surface area (Å²) < 4.78 is 10.7. The van der Waals surface area contributed by atoms with Crippen LogP contribution in [-0.2, 0) is 11.3 Å². The van der Waals surface area contributed by atoms with Gasteiger partial charge in [-0.15, -0.1) is 0 Å². The van der Waals surface area contributed by atoms with Gasteiger partial charge < -0.3 is 25.1 Å². The molecule has 2 rings (SSSR count). The van der Waals surface area contributed by atoms with Crippen molar-refractivity contribution < 1.29 is 13.9 Å². The van der Waals surface area contributed by atoms with E-state index in [4.69, 9.17) is 9.15 Å². The number of ether oxygens (including phenoxy) is 1. The Hall–Kier alpha value is -2.80. The standard InChI is InChI=1S/C22H32N4O3/c1-3-5-13-28-14-8-12-24-22(23-4-2)25-17-18-9-6-10-19(16-18)26-21(27)20-11-7-15-29-20/h6-7,9-11,15-16H,3-5,8,12-14,17H2,1-2H3,(H,26,27)(H2,23,24,25). The monoisotopic (exact) mass is 400 g/mol. The lowest BCUT2D eigenvalue weighted by Gasteiger charge is -2.12. The van der Waals surface area contributed by atoms with Crippen LogP contribution in [-0.4, -0.2) is 38.2 Å². The highest BCUT2D eigenvalue weighted by molar-refractivity contribution is 6.02. The van der Waals surface area contributed by atoms with E-state index in [-0.39, 0.29) is 11.7 Å². The first kappa shape index (κ1) is 22.5. The zero-order chi connectivity index (χ0) is 20.7. The number of aliphatic imine (C=N–C) groups is 1. The van der Waals surface area contributed by atoms with E-state index < -0.39 is 0 Å². The first-order valence-corrected chi connectivity index (χ1v) is 10.3. The fourth-order valence-corrected chi connectivity index (χ4v) is 2.59. The lowest BCUT2D eigenvalue weighted by molar-refractivity contribution is 0.0996. The Morgan fingerprint density at radius 3 is 2.72 bits per heavy atom. The van der Waals surface area contributed by atoms with Gasteiger partial charge in [0.15, 0.2) is 11.7 Å². The molecule has 1 aromatic heterocycles. The molecule has 1 heterocycles. The third-order valence-corrected chi connectivity index (χ3v) is 4.09. The van der Waals surface area contributed by atoms with Gasteiger partial charge in [0.2, 0.25) is 0 Å². The van der Waals surface area contributed by atoms with Crippen LogP contribution in [0.5, 0.6) is 0 Å². The van der Waals surface area contributed by atoms with Gasteiger partial charge in [-0.05, 0) is 49.6 Å². The Balaban J connectivity index is 1.82. The molecule has 7 nitrogen and oxygen atoms in total. The molecule has 0 fully saturated rings. The quantitative estimate of drug-likeness (QED) is 0.287. The maximum absolute atomic E-state index is 12.1. The van der Waals surface area contributed by atoms with Crippen molar-refractivity contribution in [2.24, 2.45) is 4.99 Å². The van der Waals surface area contributed by atoms with Crippen LogP contribution in [0.25, 0.3) is 0 Å². The molecule has 1 aromatic carbocycles. The summed E-state index contributed by atoms with van der Waals surface area (Å²) in [6.45, 7) is 7.88. The van der Waals surface area contributed by atoms with E-state index in [1.807, 2.05) is 31.2 Å². The predicted octanol–water partition coefficient (Wildman–Crippen LogP) is 3.79. The topological polar surface area (TPSA) is 87.9 Å². The minimum atomic E-state index is -0.271. The number of nitrogens with zero attached hydrogens (tertiary/aromatic N) is 1. The molecule has 158 valence electrons. The summed E-state index contributed by atoms with van der Waals surface area (Å²) in [5, 5.41) is 9.40. The van der Waals surface area contributed by atoms with Crippen molar-refractivity contribution in [3.63, 3.8) is 0 Å². The smallest absolute Gasteiger partial charge is 0.291 e. The van der Waals surface area contributed by atoms with Crippen LogP contribution in [0.15, 0.2) is 52.1 Å². The SMILES string of the molecule is CCCCOCCCNC(=NCc1cccc(NC(=O)c2ccco2)c1)NCC. The number of anilines is 1. The number of benzene rings is 1. The molecule has 0 spiro atoms. The predicted molar refractivity (Wildman–Crippen MR) is 116 cm³/mol. The molecule has 0 saturated carbocycles. The van der Waals surface area contributed by atoms with Gasteiger partial charge in [-0.2, -0.15) is 0 Å². The summed E-state index contributed by atoms with van der Waals surface area (Å²) in [5.41, 5.74) is 1.71. The van der Waals surface area contributed by atoms with E-state index in [0.29, 0.717) is 12.2 Å². The molecule has 2 aromatic rings. The van der Waals surface area contributed by atoms with E-state index in [9.17, 15) is 4.79 Å². The number of hydrogen-bond donors (Lipinski definition) is 3. The molecule has 0 aliphatic rings. The molecule has 29 heavy (non-hydrogen) atoms. The van der Waals surface area contributed by atoms with Gasteiger partial charge in [0.1, 0.15) is 0 Å². The summed E-state index contributed by atoms with van der Waals surface area (Å²) in [6, 6.07) is 11.0. The van der Waals surface area contributed by atoms with E-state index in [1.54, 1.807) is 12.1 Å². The van der Waals surface area contributed by atoms with Crippen molar-refractivity contribution in [3.8, 4) is 0 Å². The number of rotatable bonds is 12. The van der Waals surface area contributed by atoms with Crippen LogP contribution in [0.4, 0.5) is 5.69 Å². The molecular formula is C22H32N4O3. The third kappa shape index (κ3) is 8.83. The molecule has 0 bridgehead atoms. The van der Waals surface area contributed by atoms with Gasteiger partial charge in [0.25, 0.3) is 5.91 Å². The maximum atomic E-state index is 12.1. The normalized spacial score (nSPS) is 11.3. The largest absolute Gasteiger partial charge is 0.459 e. The molecule has 0 aliphatic carbocycles. The number of nitrogens with one attached hydrogen (secondary N) is 3. The van der Waals surface area contributed by atoms with Crippen molar-refractivity contribution in [2.75, 3.05) is 31.6 Å². The number of carbonyl (C=O) groups is 1. The van der Waals surface area contributed by atoms with Crippen LogP contribution >= 0.6 is 0 Å². The summed E-state index contributed by atoms with van der Waals surface area (Å²) in [7, 11) is 0. The molecule has 0 saturated heterocycles. The molecule has 0 aliphatic heterocycles. The Morgan fingerprint density at radius 2 is 1.97 bits per heavy atom. The van der Waals surface area contributed by atoms with E-state index in [0.717, 1.165) is 57.1 Å². The van der Waals surface area contributed by atoms with E-state index in [2.05, 4.69) is 27.9 Å². The summed E-state index contributed by atoms with van der Waals surface area (Å²) in [5.74, 6) is 0.781. The highest BCUT2D eigenvalue weighted by Gasteiger charge is 2.08. The first-order valence-electron chi connectivity index (χ1n) is 10.3. The minimum Gasteiger partial charge on any atom is -0.459 e. The second-order valence-corrected chi connectivity index (χ2v) is 6.57. The molecule has 0 unspecified atom stereocenters. The second-order valence-electron chi connectivity index (χ2n) is 6.57. The summed E-state index contributed by atoms with van der Waals surface area (Å²) in [6.07, 6.45) is 4.68. The summed E-state index contributed by atoms with van der Waals surface area (Å²) in [4.78, 5) is 16.7. The van der Waals surface area contributed by atoms with Gasteiger partial charge in [0.05, 0.1) is 12.8 Å². The van der Waals surface area contributed by atoms with E-state index in [1.165, 1.54) is 6.26 Å². The number of amides is 1. The lowest BCUT2D eigenvalue weighted by atomic mass is 10.2. The zero-order valence-electron chi connectivity index (χ0n) is 17.4. The van der Waals surface area contributed by atoms with Crippen molar-refractivity contribution in [3.05, 3.63) is 54.0 Å². The maximum Gasteiger partial charge on any atom is 0.291 e. The van der Waals surface area contributed by atoms with Crippen LogP contribution in [0.2, 0.25) is 0 Å². The van der Waals surface area contributed by atoms with Crippen molar-refractivity contribution >= 4 is 17.6 Å². The summed E-state index contributed by atoms with van der Waals surface area (Å²) >= 11 is 0. The second kappa shape index (κ2) is 13.4. The van der Waals surface area contributed by atoms with E-state index >= 15 is 0 Å². The molecule has 0 radical (unpaired) electrons. The Bertz CT molecular complexity index is 744. The lowest BCUT2D eigenvalue weighted by Crippen LogP contribution is -2.38. The van der Waals surface area contributed by atoms with Crippen molar-refractivity contribution in [1.29, 1.82) is 0 Å². The van der Waals surface area contributed by atoms with Gasteiger partial charge in [-0.3, -0.25) is 4.79 Å². The van der Waals surface area contributed by atoms with Gasteiger partial charge in [0, 0.05) is 32.0 Å². The Labute approximate surface area is 172 Å². The third-order valence-electron chi connectivity index (χ3n) is 4.09. The Kier molecular flexibility index (Phi) is 10.4. The number of unbranched alkanes of at least 4 members (excludes halogenated alkanes) is 1. The molecular weight excluding hydrogens is 368 g/mol. The van der Waals surface area contributed by atoms with Crippen LogP contribution < -0.4 is 16.0 Å².